The molecule has 0 N–H and O–H groups in total. The first-order valence-corrected chi connectivity index (χ1v) is 10.3. The first kappa shape index (κ1) is 20.3. The molecule has 2 aromatic heterocycles. The van der Waals surface area contributed by atoms with Gasteiger partial charge in [0.05, 0.1) is 6.61 Å². The molecule has 4 rings (SSSR count). The molecule has 0 saturated carbocycles. The van der Waals surface area contributed by atoms with Crippen LogP contribution in [0.2, 0.25) is 0 Å². The van der Waals surface area contributed by atoms with Gasteiger partial charge in [0.15, 0.2) is 0 Å². The number of benzene rings is 2. The lowest BCUT2D eigenvalue weighted by atomic mass is 10.3. The molecular weight excluding hydrogens is 418 g/mol. The summed E-state index contributed by atoms with van der Waals surface area (Å²) < 4.78 is 16.3. The number of anilines is 1. The van der Waals surface area contributed by atoms with Crippen LogP contribution in [0.1, 0.15) is 6.92 Å². The highest BCUT2D eigenvalue weighted by Crippen LogP contribution is 2.31. The average Bonchev–Trinajstić information content (AvgIpc) is 3.23. The van der Waals surface area contributed by atoms with Gasteiger partial charge in [0.1, 0.15) is 21.8 Å². The second kappa shape index (κ2) is 9.23. The molecule has 0 saturated heterocycles. The molecule has 156 valence electrons. The minimum atomic E-state index is -1.00. The van der Waals surface area contributed by atoms with Crippen molar-refractivity contribution in [1.82, 2.24) is 9.97 Å². The van der Waals surface area contributed by atoms with Crippen molar-refractivity contribution in [2.24, 2.45) is 0 Å². The van der Waals surface area contributed by atoms with Crippen molar-refractivity contribution < 1.29 is 23.8 Å². The molecule has 0 unspecified atom stereocenters. The quantitative estimate of drug-likeness (QED) is 0.420. The molecule has 8 nitrogen and oxygen atoms in total. The van der Waals surface area contributed by atoms with E-state index in [0.29, 0.717) is 15.2 Å². The van der Waals surface area contributed by atoms with E-state index in [1.807, 2.05) is 0 Å². The minimum absolute atomic E-state index is 0.0171. The molecule has 2 aromatic carbocycles. The van der Waals surface area contributed by atoms with Crippen molar-refractivity contribution in [3.05, 3.63) is 72.1 Å². The van der Waals surface area contributed by atoms with Crippen molar-refractivity contribution in [3.63, 3.8) is 0 Å². The molecule has 0 fully saturated rings. The summed E-state index contributed by atoms with van der Waals surface area (Å²) in [6.07, 6.45) is -2.00. The van der Waals surface area contributed by atoms with E-state index >= 15 is 0 Å². The Morgan fingerprint density at radius 2 is 1.45 bits per heavy atom. The number of hydrogen-bond acceptors (Lipinski definition) is 8. The number of rotatable bonds is 5. The number of para-hydroxylation sites is 2. The van der Waals surface area contributed by atoms with Crippen molar-refractivity contribution in [3.8, 4) is 17.4 Å². The van der Waals surface area contributed by atoms with E-state index in [1.54, 1.807) is 79.0 Å². The van der Waals surface area contributed by atoms with Crippen LogP contribution in [0.4, 0.5) is 15.4 Å². The van der Waals surface area contributed by atoms with Gasteiger partial charge < -0.3 is 14.2 Å². The molecule has 9 heteroatoms. The Kier molecular flexibility index (Phi) is 6.04. The van der Waals surface area contributed by atoms with E-state index in [-0.39, 0.29) is 29.8 Å². The number of carbonyl (C=O) groups is 2. The lowest BCUT2D eigenvalue weighted by Crippen LogP contribution is -2.42. The minimum Gasteiger partial charge on any atom is -0.475 e. The van der Waals surface area contributed by atoms with Crippen molar-refractivity contribution in [2.45, 2.75) is 6.92 Å². The number of amides is 2. The molecular formula is C22H17N3O5S. The second-order valence-electron chi connectivity index (χ2n) is 6.09. The Labute approximate surface area is 181 Å². The van der Waals surface area contributed by atoms with Crippen LogP contribution in [0.25, 0.3) is 10.3 Å². The van der Waals surface area contributed by atoms with E-state index < -0.39 is 12.2 Å². The van der Waals surface area contributed by atoms with Gasteiger partial charge in [0.25, 0.3) is 5.88 Å². The van der Waals surface area contributed by atoms with E-state index in [4.69, 9.17) is 14.2 Å². The summed E-state index contributed by atoms with van der Waals surface area (Å²) in [7, 11) is 0. The largest absolute Gasteiger partial charge is 0.475 e. The summed E-state index contributed by atoms with van der Waals surface area (Å²) in [5, 5.41) is 1.80. The lowest BCUT2D eigenvalue weighted by molar-refractivity contribution is 0.190. The fourth-order valence-corrected chi connectivity index (χ4v) is 3.36. The Morgan fingerprint density at radius 1 is 0.871 bits per heavy atom. The number of nitrogens with zero attached hydrogens (tertiary/aromatic N) is 3. The zero-order valence-corrected chi connectivity index (χ0v) is 17.2. The van der Waals surface area contributed by atoms with Gasteiger partial charge in [-0.3, -0.25) is 0 Å². The van der Waals surface area contributed by atoms with Crippen LogP contribution in [-0.4, -0.2) is 28.8 Å². The predicted octanol–water partition coefficient (Wildman–Crippen LogP) is 5.29. The van der Waals surface area contributed by atoms with Crippen molar-refractivity contribution in [2.75, 3.05) is 11.5 Å². The molecule has 0 aliphatic carbocycles. The van der Waals surface area contributed by atoms with Gasteiger partial charge in [-0.2, -0.15) is 4.90 Å². The first-order valence-electron chi connectivity index (χ1n) is 9.37. The molecule has 0 atom stereocenters. The molecule has 0 aliphatic rings. The third-order valence-electron chi connectivity index (χ3n) is 4.00. The average molecular weight is 435 g/mol. The van der Waals surface area contributed by atoms with Crippen LogP contribution >= 0.6 is 11.3 Å². The zero-order valence-electron chi connectivity index (χ0n) is 16.4. The maximum atomic E-state index is 13.1. The number of imide groups is 1. The maximum Gasteiger partial charge on any atom is 0.430 e. The van der Waals surface area contributed by atoms with Crippen LogP contribution in [-0.2, 0) is 0 Å². The molecule has 31 heavy (non-hydrogen) atoms. The van der Waals surface area contributed by atoms with Crippen LogP contribution in [0.15, 0.2) is 72.1 Å². The molecule has 0 aliphatic heterocycles. The van der Waals surface area contributed by atoms with Crippen LogP contribution < -0.4 is 19.1 Å². The van der Waals surface area contributed by atoms with Gasteiger partial charge in [0.2, 0.25) is 5.82 Å². The molecule has 2 heterocycles. The summed E-state index contributed by atoms with van der Waals surface area (Å²) in [6.45, 7) is 2.02. The van der Waals surface area contributed by atoms with Gasteiger partial charge in [-0.25, -0.2) is 19.6 Å². The molecule has 4 aromatic rings. The fourth-order valence-electron chi connectivity index (χ4n) is 2.66. The number of carbonyl (C=O) groups excluding carboxylic acids is 2. The Hall–Kier alpha value is -3.98. The number of hydrogen-bond donors (Lipinski definition) is 0. The highest BCUT2D eigenvalue weighted by atomic mass is 32.1. The lowest BCUT2D eigenvalue weighted by Gasteiger charge is -2.20. The Balaban J connectivity index is 1.75. The maximum absolute atomic E-state index is 13.1. The first-order chi connectivity index (χ1) is 15.2. The Bertz CT molecular complexity index is 1140. The normalized spacial score (nSPS) is 10.5. The summed E-state index contributed by atoms with van der Waals surface area (Å²) in [4.78, 5) is 36.2. The summed E-state index contributed by atoms with van der Waals surface area (Å²) in [6, 6.07) is 18.5. The zero-order chi connectivity index (χ0) is 21.6. The standard InChI is InChI=1S/C22H17N3O5S/c1-2-28-19-18(24-20-17(23-19)13-14-31-20)25(21(26)29-15-9-5-3-6-10-15)22(27)30-16-11-7-4-8-12-16/h3-14H,2H2,1H3. The van der Waals surface area contributed by atoms with E-state index in [0.717, 1.165) is 0 Å². The van der Waals surface area contributed by atoms with E-state index in [2.05, 4.69) is 9.97 Å². The molecule has 2 amide bonds. The molecule has 0 radical (unpaired) electrons. The summed E-state index contributed by atoms with van der Waals surface area (Å²) >= 11 is 1.32. The summed E-state index contributed by atoms with van der Waals surface area (Å²) in [5.74, 6) is 0.420. The third-order valence-corrected chi connectivity index (χ3v) is 4.80. The van der Waals surface area contributed by atoms with Crippen LogP contribution in [0.3, 0.4) is 0 Å². The molecule has 0 spiro atoms. The fraction of sp³-hybridized carbons (Fsp3) is 0.0909. The summed E-state index contributed by atoms with van der Waals surface area (Å²) in [5.41, 5.74) is 0.588. The topological polar surface area (TPSA) is 90.9 Å². The number of thiophene rings is 1. The third kappa shape index (κ3) is 4.62. The smallest absolute Gasteiger partial charge is 0.430 e. The van der Waals surface area contributed by atoms with Gasteiger partial charge >= 0.3 is 12.2 Å². The predicted molar refractivity (Wildman–Crippen MR) is 116 cm³/mol. The van der Waals surface area contributed by atoms with Gasteiger partial charge in [-0.1, -0.05) is 36.4 Å². The van der Waals surface area contributed by atoms with Gasteiger partial charge in [0, 0.05) is 0 Å². The second-order valence-corrected chi connectivity index (χ2v) is 6.99. The Morgan fingerprint density at radius 3 is 2.00 bits per heavy atom. The number of aromatic nitrogens is 2. The molecule has 0 bridgehead atoms. The van der Waals surface area contributed by atoms with Gasteiger partial charge in [-0.15, -0.1) is 11.3 Å². The monoisotopic (exact) mass is 435 g/mol. The van der Waals surface area contributed by atoms with Gasteiger partial charge in [-0.05, 0) is 42.6 Å². The number of fused-ring (bicyclic) bond motifs is 1. The van der Waals surface area contributed by atoms with Crippen molar-refractivity contribution in [1.29, 1.82) is 0 Å². The van der Waals surface area contributed by atoms with Crippen molar-refractivity contribution >= 4 is 39.7 Å². The highest BCUT2D eigenvalue weighted by molar-refractivity contribution is 7.16. The highest BCUT2D eigenvalue weighted by Gasteiger charge is 2.33. The SMILES string of the molecule is CCOc1nc2ccsc2nc1N(C(=O)Oc1ccccc1)C(=O)Oc1ccccc1. The van der Waals surface area contributed by atoms with Crippen LogP contribution in [0.5, 0.6) is 17.4 Å². The number of ether oxygens (including phenoxy) is 3. The van der Waals surface area contributed by atoms with E-state index in [1.165, 1.54) is 11.3 Å². The van der Waals surface area contributed by atoms with Crippen LogP contribution in [0, 0.1) is 0 Å². The van der Waals surface area contributed by atoms with E-state index in [9.17, 15) is 9.59 Å².